The van der Waals surface area contributed by atoms with Gasteiger partial charge in [0.15, 0.2) is 23.3 Å². The van der Waals surface area contributed by atoms with Gasteiger partial charge in [-0.05, 0) is 5.56 Å². The van der Waals surface area contributed by atoms with Crippen LogP contribution in [0.3, 0.4) is 0 Å². The molecule has 0 aliphatic rings. The van der Waals surface area contributed by atoms with Crippen molar-refractivity contribution in [2.75, 3.05) is 0 Å². The molecule has 90 valence electrons. The molecule has 0 aromatic heterocycles. The van der Waals surface area contributed by atoms with E-state index >= 15 is 0 Å². The molecule has 0 heterocycles. The molecule has 18 heavy (non-hydrogen) atoms. The molecule has 0 spiro atoms. The van der Waals surface area contributed by atoms with Crippen molar-refractivity contribution in [3.05, 3.63) is 59.2 Å². The van der Waals surface area contributed by atoms with Gasteiger partial charge in [0, 0.05) is 0 Å². The van der Waals surface area contributed by atoms with E-state index in [4.69, 9.17) is 5.26 Å². The van der Waals surface area contributed by atoms with Crippen molar-refractivity contribution in [2.24, 2.45) is 0 Å². The summed E-state index contributed by atoms with van der Waals surface area (Å²) in [5, 5.41) is 8.57. The standard InChI is InChI=1S/C13H5F4N/c14-10-8(6-18)11(15)13(17)12(16)9(10)7-4-2-1-3-5-7/h1-5H. The van der Waals surface area contributed by atoms with Crippen molar-refractivity contribution in [3.8, 4) is 17.2 Å². The van der Waals surface area contributed by atoms with Gasteiger partial charge in [0.1, 0.15) is 11.6 Å². The molecule has 0 amide bonds. The minimum Gasteiger partial charge on any atom is -0.205 e. The zero-order chi connectivity index (χ0) is 13.3. The van der Waals surface area contributed by atoms with E-state index in [0.29, 0.717) is 0 Å². The molecule has 5 heteroatoms. The smallest absolute Gasteiger partial charge is 0.196 e. The van der Waals surface area contributed by atoms with Gasteiger partial charge in [0.2, 0.25) is 0 Å². The van der Waals surface area contributed by atoms with Crippen molar-refractivity contribution in [2.45, 2.75) is 0 Å². The third-order valence-electron chi connectivity index (χ3n) is 2.44. The van der Waals surface area contributed by atoms with Crippen LogP contribution in [0.5, 0.6) is 0 Å². The Balaban J connectivity index is 2.85. The van der Waals surface area contributed by atoms with Crippen LogP contribution in [0.2, 0.25) is 0 Å². The van der Waals surface area contributed by atoms with Crippen molar-refractivity contribution in [1.82, 2.24) is 0 Å². The summed E-state index contributed by atoms with van der Waals surface area (Å²) in [6.45, 7) is 0. The molecule has 2 rings (SSSR count). The van der Waals surface area contributed by atoms with Gasteiger partial charge in [-0.3, -0.25) is 0 Å². The Morgan fingerprint density at radius 2 is 1.39 bits per heavy atom. The van der Waals surface area contributed by atoms with E-state index in [9.17, 15) is 17.6 Å². The lowest BCUT2D eigenvalue weighted by Gasteiger charge is -2.08. The quantitative estimate of drug-likeness (QED) is 0.430. The highest BCUT2D eigenvalue weighted by atomic mass is 19.2. The average Bonchev–Trinajstić information content (AvgIpc) is 2.38. The fraction of sp³-hybridized carbons (Fsp3) is 0. The van der Waals surface area contributed by atoms with Crippen LogP contribution in [0, 0.1) is 34.6 Å². The monoisotopic (exact) mass is 251 g/mol. The highest BCUT2D eigenvalue weighted by molar-refractivity contribution is 5.67. The number of benzene rings is 2. The van der Waals surface area contributed by atoms with E-state index in [1.54, 1.807) is 6.07 Å². The number of hydrogen-bond donors (Lipinski definition) is 0. The van der Waals surface area contributed by atoms with Gasteiger partial charge < -0.3 is 0 Å². The van der Waals surface area contributed by atoms with E-state index in [1.807, 2.05) is 0 Å². The van der Waals surface area contributed by atoms with E-state index in [-0.39, 0.29) is 5.56 Å². The molecule has 2 aromatic carbocycles. The third kappa shape index (κ3) is 1.72. The van der Waals surface area contributed by atoms with Gasteiger partial charge in [-0.25, -0.2) is 17.6 Å². The van der Waals surface area contributed by atoms with Gasteiger partial charge in [0.25, 0.3) is 0 Å². The predicted octanol–water partition coefficient (Wildman–Crippen LogP) is 3.78. The van der Waals surface area contributed by atoms with Crippen molar-refractivity contribution < 1.29 is 17.6 Å². The summed E-state index contributed by atoms with van der Waals surface area (Å²) in [4.78, 5) is 0. The van der Waals surface area contributed by atoms with E-state index in [1.165, 1.54) is 30.3 Å². The second-order valence-electron chi connectivity index (χ2n) is 3.48. The molecule has 2 aromatic rings. The van der Waals surface area contributed by atoms with Crippen LogP contribution in [0.25, 0.3) is 11.1 Å². The minimum absolute atomic E-state index is 0.0305. The number of nitrogens with zero attached hydrogens (tertiary/aromatic N) is 1. The molecular formula is C13H5F4N. The lowest BCUT2D eigenvalue weighted by Crippen LogP contribution is -2.03. The van der Waals surface area contributed by atoms with Crippen LogP contribution in [-0.4, -0.2) is 0 Å². The van der Waals surface area contributed by atoms with Crippen LogP contribution in [-0.2, 0) is 0 Å². The summed E-state index contributed by atoms with van der Waals surface area (Å²) in [6.07, 6.45) is 0. The molecule has 1 nitrogen and oxygen atoms in total. The van der Waals surface area contributed by atoms with E-state index < -0.39 is 34.4 Å². The van der Waals surface area contributed by atoms with Crippen molar-refractivity contribution in [3.63, 3.8) is 0 Å². The highest BCUT2D eigenvalue weighted by Crippen LogP contribution is 2.31. The van der Waals surface area contributed by atoms with E-state index in [0.717, 1.165) is 0 Å². The Hall–Kier alpha value is -2.35. The van der Waals surface area contributed by atoms with Crippen molar-refractivity contribution in [1.29, 1.82) is 5.26 Å². The fourth-order valence-corrected chi connectivity index (χ4v) is 1.59. The van der Waals surface area contributed by atoms with Crippen LogP contribution >= 0.6 is 0 Å². The first-order valence-electron chi connectivity index (χ1n) is 4.89. The fourth-order valence-electron chi connectivity index (χ4n) is 1.59. The summed E-state index contributed by atoms with van der Waals surface area (Å²) < 4.78 is 53.7. The van der Waals surface area contributed by atoms with Gasteiger partial charge >= 0.3 is 0 Å². The molecular weight excluding hydrogens is 246 g/mol. The van der Waals surface area contributed by atoms with Gasteiger partial charge in [-0.2, -0.15) is 5.26 Å². The first-order chi connectivity index (χ1) is 8.57. The second kappa shape index (κ2) is 4.49. The molecule has 0 saturated carbocycles. The molecule has 0 fully saturated rings. The Labute approximate surface area is 99.9 Å². The average molecular weight is 251 g/mol. The second-order valence-corrected chi connectivity index (χ2v) is 3.48. The third-order valence-corrected chi connectivity index (χ3v) is 2.44. The lowest BCUT2D eigenvalue weighted by molar-refractivity contribution is 0.435. The zero-order valence-electron chi connectivity index (χ0n) is 8.85. The predicted molar refractivity (Wildman–Crippen MR) is 56.4 cm³/mol. The number of nitriles is 1. The maximum atomic E-state index is 13.8. The molecule has 0 aliphatic carbocycles. The van der Waals surface area contributed by atoms with Crippen LogP contribution in [0.4, 0.5) is 17.6 Å². The molecule has 0 saturated heterocycles. The Kier molecular flexibility index (Phi) is 3.02. The van der Waals surface area contributed by atoms with Crippen LogP contribution in [0.1, 0.15) is 5.56 Å². The van der Waals surface area contributed by atoms with Gasteiger partial charge in [0.05, 0.1) is 5.56 Å². The van der Waals surface area contributed by atoms with Gasteiger partial charge in [-0.15, -0.1) is 0 Å². The number of halogens is 4. The molecule has 0 aliphatic heterocycles. The molecule has 0 bridgehead atoms. The zero-order valence-corrected chi connectivity index (χ0v) is 8.85. The molecule has 0 atom stereocenters. The van der Waals surface area contributed by atoms with Crippen LogP contribution in [0.15, 0.2) is 30.3 Å². The minimum atomic E-state index is -1.85. The number of hydrogen-bond acceptors (Lipinski definition) is 1. The summed E-state index contributed by atoms with van der Waals surface area (Å²) >= 11 is 0. The Bertz CT molecular complexity index is 645. The first kappa shape index (κ1) is 12.1. The maximum Gasteiger partial charge on any atom is 0.196 e. The molecule has 0 unspecified atom stereocenters. The Morgan fingerprint density at radius 3 is 1.94 bits per heavy atom. The molecule has 0 N–H and O–H groups in total. The summed E-state index contributed by atoms with van der Waals surface area (Å²) in [5.74, 6) is -6.71. The summed E-state index contributed by atoms with van der Waals surface area (Å²) in [7, 11) is 0. The van der Waals surface area contributed by atoms with Crippen LogP contribution < -0.4 is 0 Å². The lowest BCUT2D eigenvalue weighted by atomic mass is 10.0. The number of rotatable bonds is 1. The maximum absolute atomic E-state index is 13.8. The van der Waals surface area contributed by atoms with E-state index in [2.05, 4.69) is 0 Å². The summed E-state index contributed by atoms with van der Waals surface area (Å²) in [5.41, 5.74) is -1.85. The SMILES string of the molecule is N#Cc1c(F)c(F)c(F)c(-c2ccccc2)c1F. The normalized spacial score (nSPS) is 10.2. The molecule has 0 radical (unpaired) electrons. The topological polar surface area (TPSA) is 23.8 Å². The Morgan fingerprint density at radius 1 is 0.778 bits per heavy atom. The largest absolute Gasteiger partial charge is 0.205 e. The first-order valence-corrected chi connectivity index (χ1v) is 4.89. The van der Waals surface area contributed by atoms with Crippen molar-refractivity contribution >= 4 is 0 Å². The summed E-state index contributed by atoms with van der Waals surface area (Å²) in [6, 6.07) is 8.43. The highest BCUT2D eigenvalue weighted by Gasteiger charge is 2.25. The van der Waals surface area contributed by atoms with Gasteiger partial charge in [-0.1, -0.05) is 30.3 Å².